The number of likely N-dealkylation sites (tertiary alicyclic amines) is 1. The first kappa shape index (κ1) is 17.8. The monoisotopic (exact) mass is 381 g/mol. The van der Waals surface area contributed by atoms with Crippen LogP contribution < -0.4 is 0 Å². The molecule has 148 valence electrons. The standard InChI is InChI=1S/C21H27N5O2/c1-2-18-17-5-3-4-6-19(17)26(23-18)21-22-20(28-24-21)15-7-11-25(12-8-15)16-9-13-27-14-10-16/h3-6,15-16H,2,7-14H2,1H3. The van der Waals surface area contributed by atoms with Crippen LogP contribution in [0.1, 0.15) is 50.1 Å². The molecule has 0 spiro atoms. The van der Waals surface area contributed by atoms with Crippen LogP contribution in [0.2, 0.25) is 0 Å². The topological polar surface area (TPSA) is 69.2 Å². The third-order valence-corrected chi connectivity index (χ3v) is 6.21. The average molecular weight is 381 g/mol. The zero-order valence-electron chi connectivity index (χ0n) is 16.4. The van der Waals surface area contributed by atoms with Gasteiger partial charge in [0.1, 0.15) is 0 Å². The molecule has 3 aromatic rings. The van der Waals surface area contributed by atoms with Gasteiger partial charge >= 0.3 is 0 Å². The van der Waals surface area contributed by atoms with Gasteiger partial charge in [-0.1, -0.05) is 25.1 Å². The molecule has 1 aromatic carbocycles. The minimum absolute atomic E-state index is 0.338. The van der Waals surface area contributed by atoms with Crippen molar-refractivity contribution in [1.82, 2.24) is 24.8 Å². The summed E-state index contributed by atoms with van der Waals surface area (Å²) in [5, 5.41) is 10.1. The molecular weight excluding hydrogens is 354 g/mol. The van der Waals surface area contributed by atoms with E-state index in [0.29, 0.717) is 17.9 Å². The van der Waals surface area contributed by atoms with Crippen molar-refractivity contribution in [2.45, 2.75) is 51.0 Å². The summed E-state index contributed by atoms with van der Waals surface area (Å²) < 4.78 is 13.0. The van der Waals surface area contributed by atoms with Crippen molar-refractivity contribution < 1.29 is 9.26 Å². The zero-order valence-corrected chi connectivity index (χ0v) is 16.4. The molecule has 28 heavy (non-hydrogen) atoms. The molecule has 2 aliphatic heterocycles. The van der Waals surface area contributed by atoms with Crippen molar-refractivity contribution in [3.8, 4) is 5.95 Å². The molecule has 0 atom stereocenters. The van der Waals surface area contributed by atoms with Crippen molar-refractivity contribution >= 4 is 10.9 Å². The Bertz CT molecular complexity index is 935. The first-order valence-corrected chi connectivity index (χ1v) is 10.5. The second kappa shape index (κ2) is 7.64. The molecule has 0 radical (unpaired) electrons. The summed E-state index contributed by atoms with van der Waals surface area (Å²) in [4.78, 5) is 7.34. The highest BCUT2D eigenvalue weighted by molar-refractivity contribution is 5.83. The maximum atomic E-state index is 5.67. The molecule has 7 nitrogen and oxygen atoms in total. The number of nitrogens with zero attached hydrogens (tertiary/aromatic N) is 5. The number of aryl methyl sites for hydroxylation is 1. The molecule has 5 rings (SSSR count). The van der Waals surface area contributed by atoms with Crippen molar-refractivity contribution in [2.24, 2.45) is 0 Å². The highest BCUT2D eigenvalue weighted by Crippen LogP contribution is 2.30. The lowest BCUT2D eigenvalue weighted by Gasteiger charge is -2.38. The number of benzene rings is 1. The maximum absolute atomic E-state index is 5.67. The predicted octanol–water partition coefficient (Wildman–Crippen LogP) is 3.33. The van der Waals surface area contributed by atoms with E-state index < -0.39 is 0 Å². The minimum atomic E-state index is 0.338. The van der Waals surface area contributed by atoms with Gasteiger partial charge in [0.15, 0.2) is 0 Å². The Labute approximate surface area is 164 Å². The normalized spacial score (nSPS) is 20.2. The highest BCUT2D eigenvalue weighted by atomic mass is 16.5. The SMILES string of the molecule is CCc1nn(-c2noc(C3CCN(C4CCOCC4)CC3)n2)c2ccccc12. The van der Waals surface area contributed by atoms with Crippen LogP contribution in [0.15, 0.2) is 28.8 Å². The number of ether oxygens (including phenoxy) is 1. The molecule has 4 heterocycles. The molecule has 0 amide bonds. The fourth-order valence-electron chi connectivity index (χ4n) is 4.59. The van der Waals surface area contributed by atoms with Gasteiger partial charge in [0.05, 0.1) is 11.2 Å². The van der Waals surface area contributed by atoms with Gasteiger partial charge in [0.2, 0.25) is 5.89 Å². The molecule has 0 unspecified atom stereocenters. The summed E-state index contributed by atoms with van der Waals surface area (Å²) >= 11 is 0. The first-order valence-electron chi connectivity index (χ1n) is 10.5. The Balaban J connectivity index is 1.32. The van der Waals surface area contributed by atoms with Crippen LogP contribution in [-0.2, 0) is 11.2 Å². The van der Waals surface area contributed by atoms with Gasteiger partial charge in [0, 0.05) is 30.6 Å². The third-order valence-electron chi connectivity index (χ3n) is 6.21. The van der Waals surface area contributed by atoms with Gasteiger partial charge in [-0.15, -0.1) is 0 Å². The second-order valence-corrected chi connectivity index (χ2v) is 7.82. The number of rotatable bonds is 4. The molecular formula is C21H27N5O2. The maximum Gasteiger partial charge on any atom is 0.291 e. The molecule has 0 aliphatic carbocycles. The summed E-state index contributed by atoms with van der Waals surface area (Å²) in [7, 11) is 0. The van der Waals surface area contributed by atoms with E-state index >= 15 is 0 Å². The van der Waals surface area contributed by atoms with Gasteiger partial charge in [-0.3, -0.25) is 0 Å². The van der Waals surface area contributed by atoms with Crippen LogP contribution >= 0.6 is 0 Å². The molecule has 2 saturated heterocycles. The number of para-hydroxylation sites is 1. The number of hydrogen-bond donors (Lipinski definition) is 0. The quantitative estimate of drug-likeness (QED) is 0.690. The Hall–Kier alpha value is -2.25. The summed E-state index contributed by atoms with van der Waals surface area (Å²) in [5.41, 5.74) is 2.09. The van der Waals surface area contributed by atoms with Gasteiger partial charge in [0.25, 0.3) is 5.95 Å². The number of hydrogen-bond acceptors (Lipinski definition) is 6. The number of aromatic nitrogens is 4. The minimum Gasteiger partial charge on any atom is -0.381 e. The zero-order chi connectivity index (χ0) is 18.9. The smallest absolute Gasteiger partial charge is 0.291 e. The average Bonchev–Trinajstić information content (AvgIpc) is 3.39. The molecule has 2 aliphatic rings. The van der Waals surface area contributed by atoms with Gasteiger partial charge < -0.3 is 14.2 Å². The van der Waals surface area contributed by atoms with Crippen LogP contribution in [0.3, 0.4) is 0 Å². The summed E-state index contributed by atoms with van der Waals surface area (Å²) in [6, 6.07) is 8.90. The number of piperidine rings is 1. The van der Waals surface area contributed by atoms with E-state index in [1.54, 1.807) is 0 Å². The van der Waals surface area contributed by atoms with E-state index in [9.17, 15) is 0 Å². The van der Waals surface area contributed by atoms with Gasteiger partial charge in [-0.2, -0.15) is 14.8 Å². The van der Waals surface area contributed by atoms with Gasteiger partial charge in [-0.25, -0.2) is 0 Å². The molecule has 2 fully saturated rings. The van der Waals surface area contributed by atoms with E-state index in [-0.39, 0.29) is 0 Å². The lowest BCUT2D eigenvalue weighted by Crippen LogP contribution is -2.43. The molecule has 0 saturated carbocycles. The Morgan fingerprint density at radius 1 is 1.07 bits per heavy atom. The predicted molar refractivity (Wildman–Crippen MR) is 106 cm³/mol. The first-order chi connectivity index (χ1) is 13.8. The van der Waals surface area contributed by atoms with Crippen LogP contribution in [0.4, 0.5) is 0 Å². The van der Waals surface area contributed by atoms with E-state index in [2.05, 4.69) is 29.1 Å². The molecule has 0 N–H and O–H groups in total. The van der Waals surface area contributed by atoms with E-state index in [1.165, 1.54) is 0 Å². The molecule has 0 bridgehead atoms. The lowest BCUT2D eigenvalue weighted by atomic mass is 9.94. The number of fused-ring (bicyclic) bond motifs is 1. The van der Waals surface area contributed by atoms with E-state index in [4.69, 9.17) is 19.3 Å². The summed E-state index contributed by atoms with van der Waals surface area (Å²) in [6.07, 6.45) is 5.32. The Kier molecular flexibility index (Phi) is 4.86. The fraction of sp³-hybridized carbons (Fsp3) is 0.571. The van der Waals surface area contributed by atoms with Crippen molar-refractivity contribution in [1.29, 1.82) is 0 Å². The van der Waals surface area contributed by atoms with E-state index in [0.717, 1.165) is 80.9 Å². The van der Waals surface area contributed by atoms with Crippen LogP contribution in [0.25, 0.3) is 16.9 Å². The molecule has 2 aromatic heterocycles. The molecule has 7 heteroatoms. The van der Waals surface area contributed by atoms with Gasteiger partial charge in [-0.05, 0) is 56.4 Å². The summed E-state index contributed by atoms with van der Waals surface area (Å²) in [6.45, 7) is 6.10. The third kappa shape index (κ3) is 3.22. The van der Waals surface area contributed by atoms with Crippen LogP contribution in [0, 0.1) is 0 Å². The van der Waals surface area contributed by atoms with Crippen LogP contribution in [-0.4, -0.2) is 57.2 Å². The fourth-order valence-corrected chi connectivity index (χ4v) is 4.59. The lowest BCUT2D eigenvalue weighted by molar-refractivity contribution is 0.0239. The van der Waals surface area contributed by atoms with Crippen molar-refractivity contribution in [3.63, 3.8) is 0 Å². The largest absolute Gasteiger partial charge is 0.381 e. The second-order valence-electron chi connectivity index (χ2n) is 7.82. The van der Waals surface area contributed by atoms with Crippen molar-refractivity contribution in [3.05, 3.63) is 35.9 Å². The highest BCUT2D eigenvalue weighted by Gasteiger charge is 2.30. The summed E-state index contributed by atoms with van der Waals surface area (Å²) in [5.74, 6) is 1.63. The Morgan fingerprint density at radius 3 is 2.64 bits per heavy atom. The van der Waals surface area contributed by atoms with Crippen LogP contribution in [0.5, 0.6) is 0 Å². The van der Waals surface area contributed by atoms with E-state index in [1.807, 2.05) is 16.8 Å². The Morgan fingerprint density at radius 2 is 1.86 bits per heavy atom. The van der Waals surface area contributed by atoms with Crippen molar-refractivity contribution in [2.75, 3.05) is 26.3 Å².